The Morgan fingerprint density at radius 1 is 1.14 bits per heavy atom. The van der Waals surface area contributed by atoms with Crippen molar-refractivity contribution in [2.24, 2.45) is 5.73 Å². The summed E-state index contributed by atoms with van der Waals surface area (Å²) in [6.07, 6.45) is 7.60. The molecule has 1 nitrogen and oxygen atoms in total. The van der Waals surface area contributed by atoms with Gasteiger partial charge in [-0.25, -0.2) is 0 Å². The molecule has 0 heterocycles. The Balaban J connectivity index is 3.95. The van der Waals surface area contributed by atoms with Crippen molar-refractivity contribution in [3.8, 4) is 0 Å². The lowest BCUT2D eigenvalue weighted by Gasteiger charge is -2.02. The fourth-order valence-corrected chi connectivity index (χ4v) is 0.962. The van der Waals surface area contributed by atoms with E-state index in [0.29, 0.717) is 6.54 Å². The summed E-state index contributed by atoms with van der Waals surface area (Å²) in [4.78, 5) is 0. The first-order chi connectivity index (χ1) is 6.60. The van der Waals surface area contributed by atoms with Gasteiger partial charge in [-0.05, 0) is 33.1 Å². The number of rotatable bonds is 6. The normalized spacial score (nSPS) is 13.1. The average Bonchev–Trinajstić information content (AvgIpc) is 2.22. The van der Waals surface area contributed by atoms with Gasteiger partial charge in [-0.2, -0.15) is 0 Å². The summed E-state index contributed by atoms with van der Waals surface area (Å²) in [5.41, 5.74) is 9.42. The predicted molar refractivity (Wildman–Crippen MR) is 65.2 cm³/mol. The Kier molecular flexibility index (Phi) is 7.13. The minimum atomic E-state index is 0.608. The third-order valence-electron chi connectivity index (χ3n) is 2.37. The number of allylic oxidation sites excluding steroid dienone is 4. The van der Waals surface area contributed by atoms with E-state index in [2.05, 4.69) is 39.5 Å². The molecular weight excluding hydrogens is 170 g/mol. The topological polar surface area (TPSA) is 26.0 Å². The molecule has 0 rings (SSSR count). The van der Waals surface area contributed by atoms with Crippen LogP contribution in [0.2, 0.25) is 0 Å². The van der Waals surface area contributed by atoms with Crippen molar-refractivity contribution in [1.82, 2.24) is 0 Å². The quantitative estimate of drug-likeness (QED) is 0.506. The van der Waals surface area contributed by atoms with E-state index in [0.717, 1.165) is 24.8 Å². The van der Waals surface area contributed by atoms with Crippen LogP contribution in [0.1, 0.15) is 40.0 Å². The van der Waals surface area contributed by atoms with Gasteiger partial charge in [0.1, 0.15) is 0 Å². The molecule has 0 saturated heterocycles. The Bertz CT molecular complexity index is 234. The Labute approximate surface area is 88.4 Å². The maximum absolute atomic E-state index is 5.47. The maximum Gasteiger partial charge on any atom is 0.0134 e. The van der Waals surface area contributed by atoms with Gasteiger partial charge < -0.3 is 5.73 Å². The van der Waals surface area contributed by atoms with Crippen molar-refractivity contribution >= 4 is 0 Å². The van der Waals surface area contributed by atoms with Crippen LogP contribution >= 0.6 is 0 Å². The SMILES string of the molecule is C=C(CN)CC/C(C)=C/C=C(/C)CC. The largest absolute Gasteiger partial charge is 0.327 e. The number of hydrogen-bond acceptors (Lipinski definition) is 1. The van der Waals surface area contributed by atoms with Gasteiger partial charge in [-0.1, -0.05) is 42.4 Å². The van der Waals surface area contributed by atoms with E-state index < -0.39 is 0 Å². The smallest absolute Gasteiger partial charge is 0.0134 e. The monoisotopic (exact) mass is 193 g/mol. The average molecular weight is 193 g/mol. The first-order valence-corrected chi connectivity index (χ1v) is 5.29. The molecule has 0 aliphatic rings. The molecule has 0 aromatic rings. The molecule has 0 bridgehead atoms. The molecule has 0 unspecified atom stereocenters. The van der Waals surface area contributed by atoms with Crippen molar-refractivity contribution in [2.45, 2.75) is 40.0 Å². The molecule has 0 spiro atoms. The van der Waals surface area contributed by atoms with E-state index in [1.54, 1.807) is 0 Å². The minimum absolute atomic E-state index is 0.608. The second-order valence-electron chi connectivity index (χ2n) is 3.83. The van der Waals surface area contributed by atoms with Crippen molar-refractivity contribution in [2.75, 3.05) is 6.54 Å². The molecule has 0 aliphatic heterocycles. The summed E-state index contributed by atoms with van der Waals surface area (Å²) in [6.45, 7) is 11.0. The Morgan fingerprint density at radius 3 is 2.21 bits per heavy atom. The molecule has 1 heteroatoms. The van der Waals surface area contributed by atoms with E-state index in [9.17, 15) is 0 Å². The zero-order valence-corrected chi connectivity index (χ0v) is 9.77. The van der Waals surface area contributed by atoms with Crippen LogP contribution in [0.3, 0.4) is 0 Å². The fourth-order valence-electron chi connectivity index (χ4n) is 0.962. The molecule has 14 heavy (non-hydrogen) atoms. The third kappa shape index (κ3) is 6.67. The van der Waals surface area contributed by atoms with Gasteiger partial charge in [0.05, 0.1) is 0 Å². The first-order valence-electron chi connectivity index (χ1n) is 5.29. The molecule has 0 amide bonds. The molecule has 0 aromatic heterocycles. The molecule has 0 aliphatic carbocycles. The highest BCUT2D eigenvalue weighted by Gasteiger charge is 1.92. The zero-order valence-electron chi connectivity index (χ0n) is 9.77. The molecule has 0 radical (unpaired) electrons. The van der Waals surface area contributed by atoms with Crippen molar-refractivity contribution in [3.05, 3.63) is 35.5 Å². The van der Waals surface area contributed by atoms with E-state index >= 15 is 0 Å². The van der Waals surface area contributed by atoms with Gasteiger partial charge in [-0.3, -0.25) is 0 Å². The van der Waals surface area contributed by atoms with Crippen LogP contribution in [0.5, 0.6) is 0 Å². The molecular formula is C13H23N. The van der Waals surface area contributed by atoms with Crippen LogP contribution in [0.25, 0.3) is 0 Å². The maximum atomic E-state index is 5.47. The zero-order chi connectivity index (χ0) is 11.0. The Morgan fingerprint density at radius 2 is 1.71 bits per heavy atom. The number of nitrogens with two attached hydrogens (primary N) is 1. The van der Waals surface area contributed by atoms with E-state index in [-0.39, 0.29) is 0 Å². The van der Waals surface area contributed by atoms with Gasteiger partial charge in [0.25, 0.3) is 0 Å². The lowest BCUT2D eigenvalue weighted by atomic mass is 10.1. The summed E-state index contributed by atoms with van der Waals surface area (Å²) < 4.78 is 0. The lowest BCUT2D eigenvalue weighted by molar-refractivity contribution is 0.895. The van der Waals surface area contributed by atoms with Crippen molar-refractivity contribution < 1.29 is 0 Å². The van der Waals surface area contributed by atoms with E-state index in [1.165, 1.54) is 11.1 Å². The molecule has 0 aromatic carbocycles. The molecule has 0 fully saturated rings. The van der Waals surface area contributed by atoms with Crippen molar-refractivity contribution in [1.29, 1.82) is 0 Å². The van der Waals surface area contributed by atoms with Crippen LogP contribution in [0.4, 0.5) is 0 Å². The lowest BCUT2D eigenvalue weighted by Crippen LogP contribution is -2.01. The summed E-state index contributed by atoms with van der Waals surface area (Å²) in [5, 5.41) is 0. The highest BCUT2D eigenvalue weighted by Crippen LogP contribution is 2.10. The highest BCUT2D eigenvalue weighted by molar-refractivity contribution is 5.16. The van der Waals surface area contributed by atoms with Crippen molar-refractivity contribution in [3.63, 3.8) is 0 Å². The molecule has 0 saturated carbocycles. The fraction of sp³-hybridized carbons (Fsp3) is 0.538. The highest BCUT2D eigenvalue weighted by atomic mass is 14.5. The van der Waals surface area contributed by atoms with Gasteiger partial charge in [0, 0.05) is 6.54 Å². The molecule has 2 N–H and O–H groups in total. The Hall–Kier alpha value is -0.820. The second kappa shape index (κ2) is 7.57. The molecule has 0 atom stereocenters. The van der Waals surface area contributed by atoms with Crippen LogP contribution in [0.15, 0.2) is 35.5 Å². The van der Waals surface area contributed by atoms with Crippen LogP contribution in [-0.4, -0.2) is 6.54 Å². The minimum Gasteiger partial charge on any atom is -0.327 e. The predicted octanol–water partition coefficient (Wildman–Crippen LogP) is 3.58. The first kappa shape index (κ1) is 13.2. The standard InChI is InChI=1S/C13H23N/c1-5-11(2)6-7-12(3)8-9-13(4)10-14/h6-7H,4-5,8-10,14H2,1-3H3/b11-6-,12-7+. The van der Waals surface area contributed by atoms with Gasteiger partial charge in [0.2, 0.25) is 0 Å². The van der Waals surface area contributed by atoms with Crippen LogP contribution in [-0.2, 0) is 0 Å². The summed E-state index contributed by atoms with van der Waals surface area (Å²) >= 11 is 0. The van der Waals surface area contributed by atoms with Crippen LogP contribution < -0.4 is 5.73 Å². The third-order valence-corrected chi connectivity index (χ3v) is 2.37. The van der Waals surface area contributed by atoms with Crippen LogP contribution in [0, 0.1) is 0 Å². The second-order valence-corrected chi connectivity index (χ2v) is 3.83. The van der Waals surface area contributed by atoms with E-state index in [4.69, 9.17) is 5.73 Å². The van der Waals surface area contributed by atoms with Gasteiger partial charge >= 0.3 is 0 Å². The van der Waals surface area contributed by atoms with Gasteiger partial charge in [0.15, 0.2) is 0 Å². The summed E-state index contributed by atoms with van der Waals surface area (Å²) in [6, 6.07) is 0. The molecule has 80 valence electrons. The number of hydrogen-bond donors (Lipinski definition) is 1. The van der Waals surface area contributed by atoms with Gasteiger partial charge in [-0.15, -0.1) is 0 Å². The van der Waals surface area contributed by atoms with E-state index in [1.807, 2.05) is 0 Å². The summed E-state index contributed by atoms with van der Waals surface area (Å²) in [5.74, 6) is 0. The summed E-state index contributed by atoms with van der Waals surface area (Å²) in [7, 11) is 0.